The van der Waals surface area contributed by atoms with E-state index < -0.39 is 12.0 Å². The van der Waals surface area contributed by atoms with Crippen molar-refractivity contribution < 1.29 is 14.4 Å². The second kappa shape index (κ2) is 7.41. The summed E-state index contributed by atoms with van der Waals surface area (Å²) in [6, 6.07) is 5.46. The molecule has 7 heteroatoms. The second-order valence-corrected chi connectivity index (χ2v) is 7.65. The Balaban J connectivity index is 1.51. The second-order valence-electron chi connectivity index (χ2n) is 7.65. The lowest BCUT2D eigenvalue weighted by atomic mass is 10.0. The van der Waals surface area contributed by atoms with E-state index in [9.17, 15) is 9.90 Å². The first-order valence-electron chi connectivity index (χ1n) is 9.62. The van der Waals surface area contributed by atoms with E-state index >= 15 is 0 Å². The molecule has 0 radical (unpaired) electrons. The van der Waals surface area contributed by atoms with E-state index in [0.717, 1.165) is 58.7 Å². The molecule has 2 aromatic heterocycles. The van der Waals surface area contributed by atoms with Crippen LogP contribution in [0.4, 0.5) is 0 Å². The van der Waals surface area contributed by atoms with Crippen molar-refractivity contribution in [3.05, 3.63) is 52.5 Å². The number of carbonyl (C=O) groups is 1. The molecule has 2 N–H and O–H groups in total. The molecule has 0 spiro atoms. The van der Waals surface area contributed by atoms with Crippen molar-refractivity contribution in [1.29, 1.82) is 0 Å². The molecule has 7 nitrogen and oxygen atoms in total. The predicted molar refractivity (Wildman–Crippen MR) is 106 cm³/mol. The third-order valence-corrected chi connectivity index (χ3v) is 5.73. The minimum atomic E-state index is -0.804. The maximum atomic E-state index is 12.2. The molecule has 1 saturated heterocycles. The Labute approximate surface area is 163 Å². The summed E-state index contributed by atoms with van der Waals surface area (Å²) in [6.07, 6.45) is 1.85. The van der Waals surface area contributed by atoms with Gasteiger partial charge in [-0.2, -0.15) is 0 Å². The number of hydrogen-bond acceptors (Lipinski definition) is 5. The molecule has 0 amide bonds. The van der Waals surface area contributed by atoms with E-state index in [2.05, 4.69) is 26.0 Å². The molecule has 0 bridgehead atoms. The first-order chi connectivity index (χ1) is 13.4. The molecule has 1 aromatic carbocycles. The van der Waals surface area contributed by atoms with E-state index in [4.69, 9.17) is 4.52 Å². The van der Waals surface area contributed by atoms with Gasteiger partial charge in [0, 0.05) is 61.0 Å². The number of fused-ring (bicyclic) bond motifs is 1. The van der Waals surface area contributed by atoms with Crippen LogP contribution in [0.2, 0.25) is 0 Å². The molecule has 0 saturated carbocycles. The van der Waals surface area contributed by atoms with Crippen LogP contribution in [0.15, 0.2) is 28.9 Å². The zero-order chi connectivity index (χ0) is 19.8. The third-order valence-electron chi connectivity index (χ3n) is 5.73. The van der Waals surface area contributed by atoms with E-state index in [0.29, 0.717) is 13.1 Å². The van der Waals surface area contributed by atoms with Crippen LogP contribution in [-0.4, -0.2) is 57.2 Å². The van der Waals surface area contributed by atoms with Crippen LogP contribution < -0.4 is 0 Å². The van der Waals surface area contributed by atoms with Crippen molar-refractivity contribution in [2.75, 3.05) is 26.2 Å². The van der Waals surface area contributed by atoms with Crippen LogP contribution in [-0.2, 0) is 11.3 Å². The predicted octanol–water partition coefficient (Wildman–Crippen LogP) is 3.02. The Bertz CT molecular complexity index is 979. The molecule has 0 aliphatic carbocycles. The maximum absolute atomic E-state index is 12.2. The average molecular weight is 382 g/mol. The highest BCUT2D eigenvalue weighted by Gasteiger charge is 2.32. The van der Waals surface area contributed by atoms with Gasteiger partial charge in [0.15, 0.2) is 0 Å². The lowest BCUT2D eigenvalue weighted by molar-refractivity contribution is -0.144. The third kappa shape index (κ3) is 3.43. The van der Waals surface area contributed by atoms with Gasteiger partial charge >= 0.3 is 5.97 Å². The average Bonchev–Trinajstić information content (AvgIpc) is 3.21. The summed E-state index contributed by atoms with van der Waals surface area (Å²) in [6.45, 7) is 9.76. The fourth-order valence-electron chi connectivity index (χ4n) is 4.10. The molecule has 1 aliphatic heterocycles. The number of rotatable bonds is 5. The Kier molecular flexibility index (Phi) is 4.95. The van der Waals surface area contributed by atoms with Gasteiger partial charge in [-0.05, 0) is 32.9 Å². The number of nitrogens with zero attached hydrogens (tertiary/aromatic N) is 3. The fourth-order valence-corrected chi connectivity index (χ4v) is 4.10. The molecule has 4 rings (SSSR count). The molecule has 1 aliphatic rings. The van der Waals surface area contributed by atoms with Gasteiger partial charge in [-0.3, -0.25) is 14.6 Å². The van der Waals surface area contributed by atoms with Gasteiger partial charge in [0.05, 0.1) is 5.69 Å². The molecular formula is C21H26N4O3. The van der Waals surface area contributed by atoms with Crippen LogP contribution in [0.3, 0.4) is 0 Å². The van der Waals surface area contributed by atoms with Gasteiger partial charge in [-0.25, -0.2) is 0 Å². The number of carboxylic acids is 1. The number of aliphatic carboxylic acids is 1. The standard InChI is InChI=1S/C21H26N4O3/c1-13-4-5-19-16(10-13)17(11-22-19)20(21(26)27)25-8-6-24(7-9-25)12-18-14(2)23-28-15(18)3/h4-5,10-11,20,22H,6-9,12H2,1-3H3,(H,26,27)/t20-/m1/s1. The Morgan fingerprint density at radius 1 is 1.25 bits per heavy atom. The number of nitrogens with one attached hydrogen (secondary N) is 1. The first kappa shape index (κ1) is 18.7. The first-order valence-corrected chi connectivity index (χ1v) is 9.62. The molecule has 1 fully saturated rings. The largest absolute Gasteiger partial charge is 0.480 e. The van der Waals surface area contributed by atoms with Gasteiger partial charge in [-0.15, -0.1) is 0 Å². The summed E-state index contributed by atoms with van der Waals surface area (Å²) in [5, 5.41) is 15.0. The monoisotopic (exact) mass is 382 g/mol. The smallest absolute Gasteiger partial charge is 0.325 e. The zero-order valence-corrected chi connectivity index (χ0v) is 16.5. The highest BCUT2D eigenvalue weighted by molar-refractivity contribution is 5.89. The van der Waals surface area contributed by atoms with Crippen LogP contribution >= 0.6 is 0 Å². The maximum Gasteiger partial charge on any atom is 0.325 e. The number of aryl methyl sites for hydroxylation is 3. The normalized spacial score (nSPS) is 17.2. The number of carboxylic acid groups (broad SMARTS) is 1. The number of aromatic amines is 1. The Morgan fingerprint density at radius 2 is 2.00 bits per heavy atom. The molecule has 28 heavy (non-hydrogen) atoms. The van der Waals surface area contributed by atoms with Crippen LogP contribution in [0.1, 0.15) is 34.2 Å². The molecule has 1 atom stereocenters. The number of benzene rings is 1. The SMILES string of the molecule is Cc1ccc2[nH]cc([C@H](C(=O)O)N3CCN(Cc4c(C)noc4C)CC3)c2c1. The number of hydrogen-bond donors (Lipinski definition) is 2. The minimum absolute atomic E-state index is 0.642. The fraction of sp³-hybridized carbons (Fsp3) is 0.429. The Morgan fingerprint density at radius 3 is 2.64 bits per heavy atom. The zero-order valence-electron chi connectivity index (χ0n) is 16.5. The summed E-state index contributed by atoms with van der Waals surface area (Å²) >= 11 is 0. The van der Waals surface area contributed by atoms with Crippen molar-refractivity contribution >= 4 is 16.9 Å². The summed E-state index contributed by atoms with van der Waals surface area (Å²) < 4.78 is 5.26. The molecular weight excluding hydrogens is 356 g/mol. The Hall–Kier alpha value is -2.64. The van der Waals surface area contributed by atoms with Crippen LogP contribution in [0, 0.1) is 20.8 Å². The van der Waals surface area contributed by atoms with E-state index in [1.54, 1.807) is 0 Å². The van der Waals surface area contributed by atoms with Crippen molar-refractivity contribution in [2.24, 2.45) is 0 Å². The quantitative estimate of drug-likeness (QED) is 0.706. The van der Waals surface area contributed by atoms with Gasteiger partial charge < -0.3 is 14.6 Å². The molecule has 3 heterocycles. The van der Waals surface area contributed by atoms with Crippen LogP contribution in [0.25, 0.3) is 10.9 Å². The number of H-pyrrole nitrogens is 1. The van der Waals surface area contributed by atoms with Crippen molar-refractivity contribution in [2.45, 2.75) is 33.4 Å². The van der Waals surface area contributed by atoms with Crippen molar-refractivity contribution in [1.82, 2.24) is 19.9 Å². The van der Waals surface area contributed by atoms with Gasteiger partial charge in [0.1, 0.15) is 11.8 Å². The van der Waals surface area contributed by atoms with E-state index in [-0.39, 0.29) is 0 Å². The summed E-state index contributed by atoms with van der Waals surface area (Å²) in [4.78, 5) is 19.8. The summed E-state index contributed by atoms with van der Waals surface area (Å²) in [5.74, 6) is 0.0547. The van der Waals surface area contributed by atoms with Crippen LogP contribution in [0.5, 0.6) is 0 Å². The lowest BCUT2D eigenvalue weighted by Crippen LogP contribution is -2.48. The molecule has 148 valence electrons. The highest BCUT2D eigenvalue weighted by Crippen LogP contribution is 2.30. The van der Waals surface area contributed by atoms with Gasteiger partial charge in [-0.1, -0.05) is 16.8 Å². The van der Waals surface area contributed by atoms with E-state index in [1.807, 2.05) is 39.1 Å². The number of piperazine rings is 1. The molecule has 0 unspecified atom stereocenters. The summed E-state index contributed by atoms with van der Waals surface area (Å²) in [7, 11) is 0. The topological polar surface area (TPSA) is 85.6 Å². The molecule has 3 aromatic rings. The summed E-state index contributed by atoms with van der Waals surface area (Å²) in [5.41, 5.74) is 5.00. The number of aromatic nitrogens is 2. The highest BCUT2D eigenvalue weighted by atomic mass is 16.5. The van der Waals surface area contributed by atoms with Crippen molar-refractivity contribution in [3.63, 3.8) is 0 Å². The lowest BCUT2D eigenvalue weighted by Gasteiger charge is -2.37. The van der Waals surface area contributed by atoms with Gasteiger partial charge in [0.2, 0.25) is 0 Å². The van der Waals surface area contributed by atoms with Gasteiger partial charge in [0.25, 0.3) is 0 Å². The van der Waals surface area contributed by atoms with E-state index in [1.165, 1.54) is 0 Å². The minimum Gasteiger partial charge on any atom is -0.480 e. The van der Waals surface area contributed by atoms with Crippen molar-refractivity contribution in [3.8, 4) is 0 Å².